The number of carbonyl (C=O) groups is 1. The van der Waals surface area contributed by atoms with Crippen molar-refractivity contribution in [2.24, 2.45) is 5.92 Å². The van der Waals surface area contributed by atoms with E-state index in [1.165, 1.54) is 4.90 Å². The van der Waals surface area contributed by atoms with E-state index < -0.39 is 5.54 Å². The van der Waals surface area contributed by atoms with Gasteiger partial charge in [-0.15, -0.1) is 0 Å². The van der Waals surface area contributed by atoms with Gasteiger partial charge in [0, 0.05) is 7.05 Å². The first-order chi connectivity index (χ1) is 12.3. The van der Waals surface area contributed by atoms with E-state index in [9.17, 15) is 9.90 Å². The molecule has 0 radical (unpaired) electrons. The van der Waals surface area contributed by atoms with Gasteiger partial charge in [0.1, 0.15) is 11.3 Å². The molecule has 0 heterocycles. The SMILES string of the molecule is C\C=C/C=C(\C=C\C(NC)(C(=O)N(C)C=N)C(C)C)c1cccc(O)c1. The maximum absolute atomic E-state index is 12.9. The summed E-state index contributed by atoms with van der Waals surface area (Å²) in [7, 11) is 3.31. The van der Waals surface area contributed by atoms with Crippen LogP contribution in [0.5, 0.6) is 5.75 Å². The number of nitrogens with one attached hydrogen (secondary N) is 2. The minimum absolute atomic E-state index is 0.0363. The number of benzene rings is 1. The summed E-state index contributed by atoms with van der Waals surface area (Å²) in [6, 6.07) is 6.99. The average molecular weight is 355 g/mol. The zero-order chi connectivity index (χ0) is 19.7. The highest BCUT2D eigenvalue weighted by atomic mass is 16.3. The van der Waals surface area contributed by atoms with Gasteiger partial charge in [-0.1, -0.05) is 56.4 Å². The Morgan fingerprint density at radius 2 is 2.08 bits per heavy atom. The van der Waals surface area contributed by atoms with Gasteiger partial charge in [0.25, 0.3) is 5.91 Å². The van der Waals surface area contributed by atoms with Gasteiger partial charge in [-0.3, -0.25) is 10.2 Å². The number of phenolic OH excluding ortho intramolecular Hbond substituents is 1. The number of hydrogen-bond acceptors (Lipinski definition) is 4. The van der Waals surface area contributed by atoms with Crippen LogP contribution in [0.1, 0.15) is 26.3 Å². The van der Waals surface area contributed by atoms with Gasteiger partial charge >= 0.3 is 0 Å². The summed E-state index contributed by atoms with van der Waals surface area (Å²) in [5.41, 5.74) is 0.767. The zero-order valence-electron chi connectivity index (χ0n) is 16.2. The molecule has 1 rings (SSSR count). The number of phenols is 1. The third kappa shape index (κ3) is 4.92. The zero-order valence-corrected chi connectivity index (χ0v) is 16.2. The molecule has 1 atom stereocenters. The molecular weight excluding hydrogens is 326 g/mol. The first kappa shape index (κ1) is 21.4. The number of aromatic hydroxyl groups is 1. The summed E-state index contributed by atoms with van der Waals surface area (Å²) < 4.78 is 0. The number of likely N-dealkylation sites (N-methyl/N-ethyl adjacent to an activating group) is 2. The van der Waals surface area contributed by atoms with Crippen LogP contribution < -0.4 is 5.32 Å². The third-order valence-electron chi connectivity index (χ3n) is 4.37. The molecule has 0 saturated carbocycles. The molecule has 0 fully saturated rings. The van der Waals surface area contributed by atoms with E-state index >= 15 is 0 Å². The second kappa shape index (κ2) is 9.73. The Labute approximate surface area is 156 Å². The molecule has 1 unspecified atom stereocenters. The Balaban J connectivity index is 3.42. The third-order valence-corrected chi connectivity index (χ3v) is 4.37. The maximum atomic E-state index is 12.9. The van der Waals surface area contributed by atoms with Crippen molar-refractivity contribution in [3.05, 3.63) is 60.2 Å². The number of allylic oxidation sites excluding steroid dienone is 5. The van der Waals surface area contributed by atoms with Crippen LogP contribution in [0.25, 0.3) is 5.57 Å². The monoisotopic (exact) mass is 355 g/mol. The topological polar surface area (TPSA) is 76.4 Å². The Kier molecular flexibility index (Phi) is 8.00. The molecule has 1 amide bonds. The summed E-state index contributed by atoms with van der Waals surface area (Å²) in [6.07, 6.45) is 10.5. The number of amides is 1. The van der Waals surface area contributed by atoms with Crippen LogP contribution in [-0.4, -0.2) is 41.9 Å². The summed E-state index contributed by atoms with van der Waals surface area (Å²) in [5.74, 6) is -0.0565. The highest BCUT2D eigenvalue weighted by Gasteiger charge is 2.39. The standard InChI is InChI=1S/C21H29N3O2/c1-6-7-9-17(18-10-8-11-19(25)14-18)12-13-21(23-4,16(2)3)20(26)24(5)15-22/h6-16,22-23,25H,1-5H3/b7-6-,13-12+,17-9+,22-15?. The van der Waals surface area contributed by atoms with Crippen molar-refractivity contribution in [3.8, 4) is 5.75 Å². The Hall–Kier alpha value is -2.66. The first-order valence-corrected chi connectivity index (χ1v) is 8.60. The van der Waals surface area contributed by atoms with Crippen molar-refractivity contribution < 1.29 is 9.90 Å². The second-order valence-corrected chi connectivity index (χ2v) is 6.35. The van der Waals surface area contributed by atoms with Crippen LogP contribution >= 0.6 is 0 Å². The van der Waals surface area contributed by atoms with Crippen molar-refractivity contribution in [1.29, 1.82) is 5.41 Å². The molecule has 0 spiro atoms. The van der Waals surface area contributed by atoms with Crippen LogP contribution in [0, 0.1) is 11.3 Å². The van der Waals surface area contributed by atoms with Crippen molar-refractivity contribution in [1.82, 2.24) is 10.2 Å². The molecular formula is C21H29N3O2. The predicted octanol–water partition coefficient (Wildman–Crippen LogP) is 3.59. The van der Waals surface area contributed by atoms with Crippen molar-refractivity contribution in [2.75, 3.05) is 14.1 Å². The lowest BCUT2D eigenvalue weighted by atomic mass is 9.83. The molecule has 3 N–H and O–H groups in total. The molecule has 1 aromatic carbocycles. The molecule has 1 aromatic rings. The Morgan fingerprint density at radius 1 is 1.38 bits per heavy atom. The molecule has 0 aliphatic carbocycles. The molecule has 0 aromatic heterocycles. The van der Waals surface area contributed by atoms with Gasteiger partial charge in [-0.2, -0.15) is 0 Å². The fraction of sp³-hybridized carbons (Fsp3) is 0.333. The normalized spacial score (nSPS) is 14.8. The maximum Gasteiger partial charge on any atom is 0.251 e. The lowest BCUT2D eigenvalue weighted by molar-refractivity contribution is -0.132. The van der Waals surface area contributed by atoms with Gasteiger partial charge in [-0.25, -0.2) is 0 Å². The fourth-order valence-electron chi connectivity index (χ4n) is 2.69. The Bertz CT molecular complexity index is 720. The van der Waals surface area contributed by atoms with Gasteiger partial charge in [0.05, 0.1) is 6.34 Å². The molecule has 26 heavy (non-hydrogen) atoms. The van der Waals surface area contributed by atoms with Crippen molar-refractivity contribution in [3.63, 3.8) is 0 Å². The lowest BCUT2D eigenvalue weighted by Crippen LogP contribution is -2.57. The number of rotatable bonds is 8. The van der Waals surface area contributed by atoms with Crippen LogP contribution in [0.2, 0.25) is 0 Å². The molecule has 140 valence electrons. The predicted molar refractivity (Wildman–Crippen MR) is 108 cm³/mol. The lowest BCUT2D eigenvalue weighted by Gasteiger charge is -2.35. The molecule has 0 saturated heterocycles. The molecule has 0 aliphatic rings. The molecule has 5 heteroatoms. The van der Waals surface area contributed by atoms with Crippen LogP contribution in [0.4, 0.5) is 0 Å². The van der Waals surface area contributed by atoms with E-state index in [2.05, 4.69) is 5.32 Å². The number of nitrogens with zero attached hydrogens (tertiary/aromatic N) is 1. The fourth-order valence-corrected chi connectivity index (χ4v) is 2.69. The van der Waals surface area contributed by atoms with Crippen LogP contribution in [-0.2, 0) is 4.79 Å². The van der Waals surface area contributed by atoms with Gasteiger partial charge < -0.3 is 15.3 Å². The van der Waals surface area contributed by atoms with Crippen LogP contribution in [0.3, 0.4) is 0 Å². The second-order valence-electron chi connectivity index (χ2n) is 6.35. The average Bonchev–Trinajstić information content (AvgIpc) is 2.63. The highest BCUT2D eigenvalue weighted by molar-refractivity contribution is 5.96. The smallest absolute Gasteiger partial charge is 0.251 e. The molecule has 0 bridgehead atoms. The molecule has 5 nitrogen and oxygen atoms in total. The van der Waals surface area contributed by atoms with E-state index in [1.807, 2.05) is 57.2 Å². The van der Waals surface area contributed by atoms with Gasteiger partial charge in [0.2, 0.25) is 0 Å². The van der Waals surface area contributed by atoms with Gasteiger partial charge in [0.15, 0.2) is 0 Å². The number of hydrogen-bond donors (Lipinski definition) is 3. The van der Waals surface area contributed by atoms with E-state index in [4.69, 9.17) is 5.41 Å². The van der Waals surface area contributed by atoms with Gasteiger partial charge in [-0.05, 0) is 43.2 Å². The summed E-state index contributed by atoms with van der Waals surface area (Å²) in [5, 5.41) is 20.3. The van der Waals surface area contributed by atoms with E-state index in [1.54, 1.807) is 32.3 Å². The minimum atomic E-state index is -0.946. The van der Waals surface area contributed by atoms with E-state index in [-0.39, 0.29) is 17.6 Å². The van der Waals surface area contributed by atoms with E-state index in [0.29, 0.717) is 0 Å². The Morgan fingerprint density at radius 3 is 2.58 bits per heavy atom. The van der Waals surface area contributed by atoms with E-state index in [0.717, 1.165) is 17.5 Å². The quantitative estimate of drug-likeness (QED) is 0.379. The summed E-state index contributed by atoms with van der Waals surface area (Å²) in [6.45, 7) is 5.84. The minimum Gasteiger partial charge on any atom is -0.508 e. The van der Waals surface area contributed by atoms with Crippen LogP contribution in [0.15, 0.2) is 54.6 Å². The summed E-state index contributed by atoms with van der Waals surface area (Å²) >= 11 is 0. The largest absolute Gasteiger partial charge is 0.508 e. The first-order valence-electron chi connectivity index (χ1n) is 8.60. The van der Waals surface area contributed by atoms with Crippen molar-refractivity contribution >= 4 is 17.8 Å². The highest BCUT2D eigenvalue weighted by Crippen LogP contribution is 2.26. The number of carbonyl (C=O) groups excluding carboxylic acids is 1. The summed E-state index contributed by atoms with van der Waals surface area (Å²) in [4.78, 5) is 14.1. The van der Waals surface area contributed by atoms with Crippen molar-refractivity contribution in [2.45, 2.75) is 26.3 Å². The molecule has 0 aliphatic heterocycles.